The largest absolute Gasteiger partial charge is 0.544 e. The second kappa shape index (κ2) is 5.77. The van der Waals surface area contributed by atoms with E-state index >= 15 is 0 Å². The first-order valence-electron chi connectivity index (χ1n) is 7.78. The highest BCUT2D eigenvalue weighted by Crippen LogP contribution is 2.44. The first kappa shape index (κ1) is 15.4. The zero-order chi connectivity index (χ0) is 14.8. The molecule has 2 heteroatoms. The van der Waals surface area contributed by atoms with E-state index in [2.05, 4.69) is 63.8 Å². The molecule has 0 bridgehead atoms. The molecule has 0 radical (unpaired) electrons. The number of hydrogen-bond donors (Lipinski definition) is 0. The van der Waals surface area contributed by atoms with Crippen LogP contribution in [0.2, 0.25) is 19.6 Å². The second-order valence-corrected chi connectivity index (χ2v) is 11.9. The molecular formula is C18H28OSi. The van der Waals surface area contributed by atoms with Crippen LogP contribution in [0.5, 0.6) is 0 Å². The van der Waals surface area contributed by atoms with Crippen molar-refractivity contribution in [2.24, 2.45) is 5.41 Å². The normalized spacial score (nSPS) is 21.4. The van der Waals surface area contributed by atoms with Crippen LogP contribution in [0.1, 0.15) is 45.1 Å². The fourth-order valence-electron chi connectivity index (χ4n) is 2.97. The van der Waals surface area contributed by atoms with Crippen molar-refractivity contribution in [3.8, 4) is 0 Å². The molecule has 1 aliphatic carbocycles. The average molecular weight is 289 g/mol. The van der Waals surface area contributed by atoms with Gasteiger partial charge in [-0.15, -0.1) is 0 Å². The molecule has 0 aromatic heterocycles. The standard InChI is InChI=1S/C18H28OSi/c1-18(2)14-10-9-13-16(18)17(19-20(3,4)5)15-11-7-6-8-12-15/h6-8,11-12H,9-10,13-14H2,1-5H3/b17-16-. The van der Waals surface area contributed by atoms with E-state index in [1.807, 2.05) is 0 Å². The average Bonchev–Trinajstić information content (AvgIpc) is 2.36. The topological polar surface area (TPSA) is 9.23 Å². The van der Waals surface area contributed by atoms with Crippen molar-refractivity contribution >= 4 is 14.1 Å². The van der Waals surface area contributed by atoms with Crippen LogP contribution in [0.25, 0.3) is 5.76 Å². The minimum Gasteiger partial charge on any atom is -0.544 e. The van der Waals surface area contributed by atoms with Gasteiger partial charge in [-0.1, -0.05) is 50.6 Å². The predicted molar refractivity (Wildman–Crippen MR) is 90.0 cm³/mol. The Morgan fingerprint density at radius 1 is 1.05 bits per heavy atom. The molecule has 1 aliphatic rings. The Balaban J connectivity index is 2.50. The molecule has 0 spiro atoms. The lowest BCUT2D eigenvalue weighted by Crippen LogP contribution is -2.28. The van der Waals surface area contributed by atoms with E-state index in [0.717, 1.165) is 0 Å². The molecule has 1 saturated carbocycles. The Hall–Kier alpha value is -1.02. The summed E-state index contributed by atoms with van der Waals surface area (Å²) in [6.07, 6.45) is 5.09. The molecule has 0 N–H and O–H groups in total. The molecular weight excluding hydrogens is 260 g/mol. The van der Waals surface area contributed by atoms with Crippen molar-refractivity contribution in [1.29, 1.82) is 0 Å². The van der Waals surface area contributed by atoms with Gasteiger partial charge in [0, 0.05) is 5.56 Å². The van der Waals surface area contributed by atoms with E-state index in [4.69, 9.17) is 4.43 Å². The first-order chi connectivity index (χ1) is 9.30. The van der Waals surface area contributed by atoms with Crippen LogP contribution in [-0.4, -0.2) is 8.32 Å². The van der Waals surface area contributed by atoms with Crippen LogP contribution in [0.15, 0.2) is 35.9 Å². The van der Waals surface area contributed by atoms with Crippen LogP contribution in [-0.2, 0) is 4.43 Å². The molecule has 20 heavy (non-hydrogen) atoms. The Labute approximate surface area is 125 Å². The third kappa shape index (κ3) is 3.75. The predicted octanol–water partition coefficient (Wildman–Crippen LogP) is 5.85. The highest BCUT2D eigenvalue weighted by atomic mass is 28.4. The van der Waals surface area contributed by atoms with Gasteiger partial charge in [-0.25, -0.2) is 0 Å². The summed E-state index contributed by atoms with van der Waals surface area (Å²) in [6.45, 7) is 11.6. The van der Waals surface area contributed by atoms with Crippen LogP contribution in [0.4, 0.5) is 0 Å². The third-order valence-corrected chi connectivity index (χ3v) is 4.83. The Morgan fingerprint density at radius 3 is 2.25 bits per heavy atom. The van der Waals surface area contributed by atoms with Gasteiger partial charge < -0.3 is 4.43 Å². The molecule has 0 unspecified atom stereocenters. The SMILES string of the molecule is CC1(C)CCCC/C1=C(/O[Si](C)(C)C)c1ccccc1. The molecule has 1 aromatic carbocycles. The van der Waals surface area contributed by atoms with Crippen molar-refractivity contribution in [3.63, 3.8) is 0 Å². The van der Waals surface area contributed by atoms with Crippen LogP contribution < -0.4 is 0 Å². The van der Waals surface area contributed by atoms with E-state index in [9.17, 15) is 0 Å². The van der Waals surface area contributed by atoms with Crippen molar-refractivity contribution in [3.05, 3.63) is 41.5 Å². The number of hydrogen-bond acceptors (Lipinski definition) is 1. The van der Waals surface area contributed by atoms with Crippen molar-refractivity contribution in [1.82, 2.24) is 0 Å². The van der Waals surface area contributed by atoms with Gasteiger partial charge in [0.05, 0.1) is 0 Å². The summed E-state index contributed by atoms with van der Waals surface area (Å²) in [5, 5.41) is 0. The molecule has 1 fully saturated rings. The Bertz CT molecular complexity index is 480. The van der Waals surface area contributed by atoms with Gasteiger partial charge in [-0.05, 0) is 49.9 Å². The fourth-order valence-corrected chi connectivity index (χ4v) is 3.82. The summed E-state index contributed by atoms with van der Waals surface area (Å²) in [5.74, 6) is 1.18. The minimum absolute atomic E-state index is 0.267. The molecule has 2 rings (SSSR count). The van der Waals surface area contributed by atoms with Gasteiger partial charge >= 0.3 is 0 Å². The zero-order valence-electron chi connectivity index (χ0n) is 13.6. The van der Waals surface area contributed by atoms with Gasteiger partial charge in [0.2, 0.25) is 8.32 Å². The molecule has 1 nitrogen and oxygen atoms in total. The van der Waals surface area contributed by atoms with E-state index in [0.29, 0.717) is 0 Å². The molecule has 1 aromatic rings. The van der Waals surface area contributed by atoms with Crippen LogP contribution in [0.3, 0.4) is 0 Å². The van der Waals surface area contributed by atoms with Gasteiger partial charge in [-0.2, -0.15) is 0 Å². The molecule has 0 atom stereocenters. The lowest BCUT2D eigenvalue weighted by Gasteiger charge is -2.36. The highest BCUT2D eigenvalue weighted by Gasteiger charge is 2.32. The maximum atomic E-state index is 6.52. The molecule has 0 amide bonds. The van der Waals surface area contributed by atoms with Crippen molar-refractivity contribution in [2.45, 2.75) is 59.2 Å². The van der Waals surface area contributed by atoms with Gasteiger partial charge in [-0.3, -0.25) is 0 Å². The van der Waals surface area contributed by atoms with Gasteiger partial charge in [0.1, 0.15) is 5.76 Å². The van der Waals surface area contributed by atoms with E-state index < -0.39 is 8.32 Å². The van der Waals surface area contributed by atoms with Crippen molar-refractivity contribution in [2.75, 3.05) is 0 Å². The smallest absolute Gasteiger partial charge is 0.242 e. The number of allylic oxidation sites excluding steroid dienone is 1. The lowest BCUT2D eigenvalue weighted by atomic mass is 9.72. The summed E-state index contributed by atoms with van der Waals surface area (Å²) in [4.78, 5) is 0. The third-order valence-electron chi connectivity index (χ3n) is 4.01. The zero-order valence-corrected chi connectivity index (χ0v) is 14.6. The highest BCUT2D eigenvalue weighted by molar-refractivity contribution is 6.70. The van der Waals surface area contributed by atoms with Gasteiger partial charge in [0.15, 0.2) is 0 Å². The van der Waals surface area contributed by atoms with Crippen LogP contribution in [0, 0.1) is 5.41 Å². The molecule has 0 aliphatic heterocycles. The lowest BCUT2D eigenvalue weighted by molar-refractivity contribution is 0.326. The summed E-state index contributed by atoms with van der Waals surface area (Å²) >= 11 is 0. The van der Waals surface area contributed by atoms with E-state index in [1.54, 1.807) is 0 Å². The monoisotopic (exact) mass is 288 g/mol. The van der Waals surface area contributed by atoms with Gasteiger partial charge in [0.25, 0.3) is 0 Å². The van der Waals surface area contributed by atoms with E-state index in [1.165, 1.54) is 42.6 Å². The first-order valence-corrected chi connectivity index (χ1v) is 11.2. The number of rotatable bonds is 3. The minimum atomic E-state index is -1.61. The quantitative estimate of drug-likeness (QED) is 0.501. The Kier molecular flexibility index (Phi) is 4.43. The molecule has 0 saturated heterocycles. The maximum absolute atomic E-state index is 6.52. The summed E-state index contributed by atoms with van der Waals surface area (Å²) in [5.41, 5.74) is 3.04. The fraction of sp³-hybridized carbons (Fsp3) is 0.556. The summed E-state index contributed by atoms with van der Waals surface area (Å²) in [7, 11) is -1.61. The van der Waals surface area contributed by atoms with E-state index in [-0.39, 0.29) is 5.41 Å². The molecule has 110 valence electrons. The summed E-state index contributed by atoms with van der Waals surface area (Å²) in [6, 6.07) is 10.7. The number of benzene rings is 1. The van der Waals surface area contributed by atoms with Crippen LogP contribution >= 0.6 is 0 Å². The maximum Gasteiger partial charge on any atom is 0.242 e. The van der Waals surface area contributed by atoms with Crippen molar-refractivity contribution < 1.29 is 4.43 Å². The molecule has 0 heterocycles. The Morgan fingerprint density at radius 2 is 1.70 bits per heavy atom. The second-order valence-electron chi connectivity index (χ2n) is 7.48. The summed E-state index contributed by atoms with van der Waals surface area (Å²) < 4.78 is 6.52.